The Hall–Kier alpha value is -1.25. The van der Waals surface area contributed by atoms with Crippen LogP contribution in [0.1, 0.15) is 12.8 Å². The zero-order valence-corrected chi connectivity index (χ0v) is 11.2. The molecule has 3 rings (SSSR count). The van der Waals surface area contributed by atoms with Gasteiger partial charge in [-0.2, -0.15) is 9.40 Å². The van der Waals surface area contributed by atoms with Crippen molar-refractivity contribution in [1.82, 2.24) is 19.5 Å². The first-order valence-corrected chi connectivity index (χ1v) is 7.95. The summed E-state index contributed by atoms with van der Waals surface area (Å²) in [6.07, 6.45) is 3.24. The topological polar surface area (TPSA) is 79.0 Å². The van der Waals surface area contributed by atoms with Gasteiger partial charge in [0.1, 0.15) is 11.2 Å². The van der Waals surface area contributed by atoms with Crippen molar-refractivity contribution in [3.05, 3.63) is 17.8 Å². The quantitative estimate of drug-likeness (QED) is 0.922. The van der Waals surface area contributed by atoms with Gasteiger partial charge in [-0.25, -0.2) is 13.4 Å². The first-order valence-electron chi connectivity index (χ1n) is 5.63. The Labute approximate surface area is 109 Å². The molecule has 2 aromatic rings. The molecule has 1 saturated heterocycles. The van der Waals surface area contributed by atoms with Crippen molar-refractivity contribution in [3.63, 3.8) is 0 Å². The molecule has 1 N–H and O–H groups in total. The normalized spacial score (nSPS) is 17.3. The monoisotopic (exact) mass is 284 g/mol. The minimum atomic E-state index is -3.40. The highest BCUT2D eigenvalue weighted by atomic mass is 32.2. The van der Waals surface area contributed by atoms with Gasteiger partial charge in [0.2, 0.25) is 10.0 Å². The maximum Gasteiger partial charge on any atom is 0.244 e. The molecule has 0 amide bonds. The molecule has 0 aliphatic carbocycles. The number of H-pyrrole nitrogens is 1. The maximum atomic E-state index is 12.5. The SMILES string of the molecule is O=S(=O)(c1ccsc1-c1ncn[nH]1)N1CCCC1. The second-order valence-electron chi connectivity index (χ2n) is 4.06. The standard InChI is InChI=1S/C10H12N4O2S2/c15-18(16,14-4-1-2-5-14)8-3-6-17-9(8)10-11-7-12-13-10/h3,6-7H,1-2,4-5H2,(H,11,12,13). The molecule has 0 radical (unpaired) electrons. The molecule has 1 aliphatic rings. The molecule has 0 spiro atoms. The number of aromatic nitrogens is 3. The minimum absolute atomic E-state index is 0.325. The molecule has 96 valence electrons. The third-order valence-corrected chi connectivity index (χ3v) is 5.93. The average Bonchev–Trinajstić information content (AvgIpc) is 3.11. The highest BCUT2D eigenvalue weighted by Gasteiger charge is 2.30. The van der Waals surface area contributed by atoms with E-state index in [4.69, 9.17) is 0 Å². The fourth-order valence-electron chi connectivity index (χ4n) is 2.06. The van der Waals surface area contributed by atoms with E-state index < -0.39 is 10.0 Å². The molecule has 0 aromatic carbocycles. The molecule has 1 aliphatic heterocycles. The summed E-state index contributed by atoms with van der Waals surface area (Å²) in [6.45, 7) is 1.21. The molecule has 3 heterocycles. The maximum absolute atomic E-state index is 12.5. The van der Waals surface area contributed by atoms with Crippen LogP contribution in [0.4, 0.5) is 0 Å². The van der Waals surface area contributed by atoms with Crippen LogP contribution in [0, 0.1) is 0 Å². The summed E-state index contributed by atoms with van der Waals surface area (Å²) in [6, 6.07) is 1.64. The lowest BCUT2D eigenvalue weighted by atomic mass is 10.4. The summed E-state index contributed by atoms with van der Waals surface area (Å²) in [5.41, 5.74) is 0. The van der Waals surface area contributed by atoms with Gasteiger partial charge in [-0.05, 0) is 24.3 Å². The molecular weight excluding hydrogens is 272 g/mol. The van der Waals surface area contributed by atoms with Gasteiger partial charge in [-0.15, -0.1) is 11.3 Å². The summed E-state index contributed by atoms with van der Waals surface area (Å²) < 4.78 is 26.5. The largest absolute Gasteiger partial charge is 0.259 e. The zero-order chi connectivity index (χ0) is 12.6. The van der Waals surface area contributed by atoms with E-state index in [0.717, 1.165) is 12.8 Å². The molecule has 1 fully saturated rings. The minimum Gasteiger partial charge on any atom is -0.259 e. The Morgan fingerprint density at radius 3 is 2.78 bits per heavy atom. The van der Waals surface area contributed by atoms with E-state index in [1.807, 2.05) is 0 Å². The van der Waals surface area contributed by atoms with Crippen LogP contribution < -0.4 is 0 Å². The lowest BCUT2D eigenvalue weighted by Gasteiger charge is -2.15. The van der Waals surface area contributed by atoms with Crippen LogP contribution in [0.15, 0.2) is 22.7 Å². The predicted molar refractivity (Wildman–Crippen MR) is 67.7 cm³/mol. The van der Waals surface area contributed by atoms with E-state index in [-0.39, 0.29) is 0 Å². The molecular formula is C10H12N4O2S2. The number of nitrogens with one attached hydrogen (secondary N) is 1. The van der Waals surface area contributed by atoms with Crippen molar-refractivity contribution < 1.29 is 8.42 Å². The molecule has 0 atom stereocenters. The summed E-state index contributed by atoms with van der Waals surface area (Å²) in [7, 11) is -3.40. The number of nitrogens with zero attached hydrogens (tertiary/aromatic N) is 3. The van der Waals surface area contributed by atoms with Gasteiger partial charge >= 0.3 is 0 Å². The summed E-state index contributed by atoms with van der Waals surface area (Å²) in [4.78, 5) is 4.97. The van der Waals surface area contributed by atoms with Crippen LogP contribution in [0.25, 0.3) is 10.7 Å². The van der Waals surface area contributed by atoms with Crippen LogP contribution in [-0.4, -0.2) is 41.0 Å². The Morgan fingerprint density at radius 1 is 1.33 bits per heavy atom. The third kappa shape index (κ3) is 1.86. The number of hydrogen-bond acceptors (Lipinski definition) is 5. The zero-order valence-electron chi connectivity index (χ0n) is 9.54. The van der Waals surface area contributed by atoms with E-state index in [1.54, 1.807) is 11.4 Å². The Kier molecular flexibility index (Phi) is 2.92. The van der Waals surface area contributed by atoms with Crippen LogP contribution in [0.3, 0.4) is 0 Å². The lowest BCUT2D eigenvalue weighted by molar-refractivity contribution is 0.478. The fourth-order valence-corrected chi connectivity index (χ4v) is 4.92. The first kappa shape index (κ1) is 11.8. The van der Waals surface area contributed by atoms with Gasteiger partial charge in [0.15, 0.2) is 5.82 Å². The van der Waals surface area contributed by atoms with Crippen molar-refractivity contribution in [2.45, 2.75) is 17.7 Å². The molecule has 0 saturated carbocycles. The van der Waals surface area contributed by atoms with Crippen molar-refractivity contribution in [3.8, 4) is 10.7 Å². The number of hydrogen-bond donors (Lipinski definition) is 1. The summed E-state index contributed by atoms with van der Waals surface area (Å²) in [5.74, 6) is 0.503. The van der Waals surface area contributed by atoms with Crippen LogP contribution in [0.2, 0.25) is 0 Å². The van der Waals surface area contributed by atoms with Crippen molar-refractivity contribution in [2.24, 2.45) is 0 Å². The molecule has 0 unspecified atom stereocenters. The molecule has 2 aromatic heterocycles. The fraction of sp³-hybridized carbons (Fsp3) is 0.400. The van der Waals surface area contributed by atoms with Crippen molar-refractivity contribution in [1.29, 1.82) is 0 Å². The van der Waals surface area contributed by atoms with E-state index >= 15 is 0 Å². The highest BCUT2D eigenvalue weighted by molar-refractivity contribution is 7.89. The van der Waals surface area contributed by atoms with E-state index in [2.05, 4.69) is 15.2 Å². The Morgan fingerprint density at radius 2 is 2.11 bits per heavy atom. The van der Waals surface area contributed by atoms with Gasteiger partial charge < -0.3 is 0 Å². The second kappa shape index (κ2) is 4.45. The first-order chi connectivity index (χ1) is 8.69. The molecule has 6 nitrogen and oxygen atoms in total. The molecule has 0 bridgehead atoms. The van der Waals surface area contributed by atoms with Gasteiger partial charge in [0, 0.05) is 13.1 Å². The van der Waals surface area contributed by atoms with Crippen LogP contribution in [-0.2, 0) is 10.0 Å². The van der Waals surface area contributed by atoms with Gasteiger partial charge in [0.25, 0.3) is 0 Å². The number of rotatable bonds is 3. The highest BCUT2D eigenvalue weighted by Crippen LogP contribution is 2.33. The lowest BCUT2D eigenvalue weighted by Crippen LogP contribution is -2.27. The van der Waals surface area contributed by atoms with E-state index in [1.165, 1.54) is 22.0 Å². The van der Waals surface area contributed by atoms with Crippen molar-refractivity contribution >= 4 is 21.4 Å². The van der Waals surface area contributed by atoms with E-state index in [0.29, 0.717) is 28.7 Å². The number of thiophene rings is 1. The van der Waals surface area contributed by atoms with Crippen LogP contribution >= 0.6 is 11.3 Å². The second-order valence-corrected chi connectivity index (χ2v) is 6.88. The summed E-state index contributed by atoms with van der Waals surface area (Å²) >= 11 is 1.35. The Bertz CT molecular complexity index is 627. The van der Waals surface area contributed by atoms with Crippen LogP contribution in [0.5, 0.6) is 0 Å². The Balaban J connectivity index is 2.05. The van der Waals surface area contributed by atoms with Crippen molar-refractivity contribution in [2.75, 3.05) is 13.1 Å². The molecule has 8 heteroatoms. The third-order valence-electron chi connectivity index (χ3n) is 2.94. The average molecular weight is 284 g/mol. The smallest absolute Gasteiger partial charge is 0.244 e. The van der Waals surface area contributed by atoms with E-state index in [9.17, 15) is 8.42 Å². The summed E-state index contributed by atoms with van der Waals surface area (Å²) in [5, 5.41) is 8.23. The predicted octanol–water partition coefficient (Wildman–Crippen LogP) is 1.32. The van der Waals surface area contributed by atoms with Gasteiger partial charge in [-0.1, -0.05) is 0 Å². The van der Waals surface area contributed by atoms with Gasteiger partial charge in [0.05, 0.1) is 4.88 Å². The number of aromatic amines is 1. The number of sulfonamides is 1. The van der Waals surface area contributed by atoms with Gasteiger partial charge in [-0.3, -0.25) is 5.10 Å². The molecule has 18 heavy (non-hydrogen) atoms.